The largest absolute Gasteiger partial charge is 0.756 e. The number of nitrogens with zero attached hydrogens (tertiary/aromatic N) is 1. The van der Waals surface area contributed by atoms with Crippen LogP contribution >= 0.6 is 7.82 Å². The summed E-state index contributed by atoms with van der Waals surface area (Å²) in [6.07, 6.45) is 121. The van der Waals surface area contributed by atoms with Crippen LogP contribution in [-0.2, 0) is 32.7 Å². The summed E-state index contributed by atoms with van der Waals surface area (Å²) in [7, 11) is 1.15. The van der Waals surface area contributed by atoms with Crippen molar-refractivity contribution in [2.75, 3.05) is 47.5 Å². The maximum atomic E-state index is 12.9. The van der Waals surface area contributed by atoms with E-state index < -0.39 is 26.5 Å². The van der Waals surface area contributed by atoms with Gasteiger partial charge < -0.3 is 27.9 Å². The van der Waals surface area contributed by atoms with Gasteiger partial charge in [0.05, 0.1) is 27.7 Å². The number of phosphoric acid groups is 1. The fourth-order valence-corrected chi connectivity index (χ4v) is 11.3. The van der Waals surface area contributed by atoms with Gasteiger partial charge in [0.25, 0.3) is 7.82 Å². The highest BCUT2D eigenvalue weighted by molar-refractivity contribution is 7.45. The van der Waals surface area contributed by atoms with Gasteiger partial charge in [0.15, 0.2) is 6.10 Å². The number of carbonyl (C=O) groups excluding carboxylic acids is 2. The van der Waals surface area contributed by atoms with Crippen LogP contribution in [0.3, 0.4) is 0 Å². The second-order valence-corrected chi connectivity index (χ2v) is 28.7. The molecule has 10 heteroatoms. The van der Waals surface area contributed by atoms with Crippen LogP contribution < -0.4 is 4.89 Å². The van der Waals surface area contributed by atoms with E-state index in [9.17, 15) is 19.0 Å². The third-order valence-corrected chi connectivity index (χ3v) is 17.6. The van der Waals surface area contributed by atoms with E-state index in [2.05, 4.69) is 208 Å². The van der Waals surface area contributed by atoms with Gasteiger partial charge in [-0.25, -0.2) is 0 Å². The van der Waals surface area contributed by atoms with Gasteiger partial charge in [-0.2, -0.15) is 0 Å². The normalized spacial score (nSPS) is 14.1. The molecule has 0 saturated heterocycles. The van der Waals surface area contributed by atoms with Crippen molar-refractivity contribution in [1.82, 2.24) is 0 Å². The first-order valence-corrected chi connectivity index (χ1v) is 41.6. The van der Waals surface area contributed by atoms with Crippen LogP contribution in [0.2, 0.25) is 0 Å². The Morgan fingerprint density at radius 1 is 0.310 bits per heavy atom. The van der Waals surface area contributed by atoms with Crippen LogP contribution in [0.25, 0.3) is 0 Å². The Balaban J connectivity index is 4.04. The quantitative estimate of drug-likeness (QED) is 0.0195. The predicted molar refractivity (Wildman–Crippen MR) is 433 cm³/mol. The van der Waals surface area contributed by atoms with Crippen LogP contribution in [0.1, 0.15) is 309 Å². The highest BCUT2D eigenvalue weighted by atomic mass is 31.2. The molecule has 0 aliphatic carbocycles. The van der Waals surface area contributed by atoms with Gasteiger partial charge in [-0.05, 0) is 141 Å². The van der Waals surface area contributed by atoms with Gasteiger partial charge in [0.1, 0.15) is 19.8 Å². The number of unbranched alkanes of at least 4 members (excludes halogenated alkanes) is 26. The third-order valence-electron chi connectivity index (χ3n) is 16.6. The number of allylic oxidation sites excluding steroid dienone is 32. The SMILES string of the molecule is CC/C=C\C/C=C\C/C=C\C/C=C\C/C=C\C/C=C\C/C=C\C/C=C\CCCCCCCCCCCCCCCCC(=O)OC(COC(=O)CCCCCCCCCCCCCC/C=C\C/C=C\C/C=C\C/C=C\C/C=C\C/C=C\C/C=C\C/C=C\CC)COP(=O)([O-])OCC[N+](C)(C)C. The molecule has 0 amide bonds. The highest BCUT2D eigenvalue weighted by Gasteiger charge is 2.22. The molecule has 0 aliphatic rings. The molecular weight excluding hydrogens is 1250 g/mol. The van der Waals surface area contributed by atoms with Crippen molar-refractivity contribution in [3.8, 4) is 0 Å². The van der Waals surface area contributed by atoms with Crippen molar-refractivity contribution in [2.24, 2.45) is 0 Å². The van der Waals surface area contributed by atoms with Gasteiger partial charge >= 0.3 is 11.9 Å². The summed E-state index contributed by atoms with van der Waals surface area (Å²) in [6, 6.07) is 0. The Kier molecular flexibility index (Phi) is 74.0. The van der Waals surface area contributed by atoms with Crippen molar-refractivity contribution >= 4 is 19.8 Å². The molecule has 2 atom stereocenters. The van der Waals surface area contributed by atoms with Crippen LogP contribution in [0, 0.1) is 0 Å². The van der Waals surface area contributed by atoms with Crippen LogP contribution in [0.15, 0.2) is 194 Å². The van der Waals surface area contributed by atoms with Crippen molar-refractivity contribution in [3.63, 3.8) is 0 Å². The number of phosphoric ester groups is 1. The van der Waals surface area contributed by atoms with E-state index in [4.69, 9.17) is 18.5 Å². The Morgan fingerprint density at radius 3 is 0.800 bits per heavy atom. The fourth-order valence-electron chi connectivity index (χ4n) is 10.6. The van der Waals surface area contributed by atoms with Crippen molar-refractivity contribution < 1.29 is 42.1 Å². The summed E-state index contributed by atoms with van der Waals surface area (Å²) in [5.41, 5.74) is 0. The zero-order chi connectivity index (χ0) is 72.5. The van der Waals surface area contributed by atoms with Gasteiger partial charge in [0, 0.05) is 12.8 Å². The molecule has 0 fully saturated rings. The minimum absolute atomic E-state index is 0.0388. The standard InChI is InChI=1S/C90H148NO8P/c1-6-8-10-12-14-16-18-20-22-24-26-28-30-32-34-36-38-40-42-44-45-47-49-51-53-55-57-59-61-63-65-67-69-71-73-75-77-79-81-83-90(93)99-88(87-98-100(94,95)97-85-84-91(3,4)5)86-96-89(92)82-80-78-76-74-72-70-68-66-64-62-60-58-56-54-52-50-48-46-43-41-39-37-35-33-31-29-27-25-23-21-19-17-15-13-11-9-7-2/h8-11,14-17,20-23,26-29,32-35,38-41,44-46,48-49,51-52,54,88H,6-7,12-13,18-19,24-25,30-31,36-37,42-43,47,50,53,55-87H2,1-5H3/b10-8-,11-9-,16-14-,17-15-,22-20-,23-21-,28-26-,29-27-,34-32-,35-33-,40-38-,41-39-,45-44-,48-46-,51-49-,54-52-. The number of ether oxygens (including phenoxy) is 2. The Morgan fingerprint density at radius 2 is 0.540 bits per heavy atom. The topological polar surface area (TPSA) is 111 Å². The molecule has 0 spiro atoms. The Hall–Kier alpha value is -5.15. The third kappa shape index (κ3) is 81.8. The van der Waals surface area contributed by atoms with E-state index in [0.29, 0.717) is 17.4 Å². The Bertz CT molecular complexity index is 2400. The van der Waals surface area contributed by atoms with E-state index in [1.165, 1.54) is 128 Å². The lowest BCUT2D eigenvalue weighted by atomic mass is 10.0. The molecule has 100 heavy (non-hydrogen) atoms. The number of likely N-dealkylation sites (N-methyl/N-ethyl adjacent to an activating group) is 1. The molecule has 0 heterocycles. The summed E-state index contributed by atoms with van der Waals surface area (Å²) >= 11 is 0. The molecule has 0 N–H and O–H groups in total. The average molecular weight is 1400 g/mol. The lowest BCUT2D eigenvalue weighted by Gasteiger charge is -2.28. The first-order valence-electron chi connectivity index (χ1n) is 40.1. The second-order valence-electron chi connectivity index (χ2n) is 27.3. The molecule has 9 nitrogen and oxygen atoms in total. The van der Waals surface area contributed by atoms with Crippen LogP contribution in [0.4, 0.5) is 0 Å². The van der Waals surface area contributed by atoms with E-state index in [0.717, 1.165) is 148 Å². The second kappa shape index (κ2) is 78.0. The molecule has 0 aliphatic heterocycles. The summed E-state index contributed by atoms with van der Waals surface area (Å²) < 4.78 is 34.4. The van der Waals surface area contributed by atoms with Gasteiger partial charge in [-0.15, -0.1) is 0 Å². The molecule has 0 aromatic heterocycles. The summed E-state index contributed by atoms with van der Waals surface area (Å²) in [4.78, 5) is 38.2. The maximum absolute atomic E-state index is 12.9. The first kappa shape index (κ1) is 94.8. The zero-order valence-corrected chi connectivity index (χ0v) is 65.5. The van der Waals surface area contributed by atoms with Crippen LogP contribution in [-0.4, -0.2) is 70.0 Å². The number of esters is 2. The highest BCUT2D eigenvalue weighted by Crippen LogP contribution is 2.38. The summed E-state index contributed by atoms with van der Waals surface area (Å²) in [5.74, 6) is -0.840. The van der Waals surface area contributed by atoms with Gasteiger partial charge in [-0.1, -0.05) is 350 Å². The number of carbonyl (C=O) groups is 2. The summed E-state index contributed by atoms with van der Waals surface area (Å²) in [5, 5.41) is 0. The minimum Gasteiger partial charge on any atom is -0.756 e. The molecule has 2 unspecified atom stereocenters. The van der Waals surface area contributed by atoms with E-state index >= 15 is 0 Å². The van der Waals surface area contributed by atoms with Gasteiger partial charge in [0.2, 0.25) is 0 Å². The lowest BCUT2D eigenvalue weighted by molar-refractivity contribution is -0.870. The molecule has 0 aromatic rings. The molecule has 566 valence electrons. The Labute approximate surface area is 615 Å². The molecule has 0 saturated carbocycles. The monoisotopic (exact) mass is 1400 g/mol. The molecular formula is C90H148NO8P. The number of quaternary nitrogens is 1. The fraction of sp³-hybridized carbons (Fsp3) is 0.622. The van der Waals surface area contributed by atoms with E-state index in [-0.39, 0.29) is 32.0 Å². The van der Waals surface area contributed by atoms with Gasteiger partial charge in [-0.3, -0.25) is 14.2 Å². The number of hydrogen-bond acceptors (Lipinski definition) is 8. The first-order chi connectivity index (χ1) is 49.0. The predicted octanol–water partition coefficient (Wildman–Crippen LogP) is 26.5. The summed E-state index contributed by atoms with van der Waals surface area (Å²) in [6.45, 7) is 4.01. The van der Waals surface area contributed by atoms with Crippen molar-refractivity contribution in [3.05, 3.63) is 194 Å². The van der Waals surface area contributed by atoms with E-state index in [1.54, 1.807) is 0 Å². The average Bonchev–Trinajstić information content (AvgIpc) is 1.07. The van der Waals surface area contributed by atoms with Crippen LogP contribution in [0.5, 0.6) is 0 Å². The minimum atomic E-state index is -4.66. The lowest BCUT2D eigenvalue weighted by Crippen LogP contribution is -2.37. The number of rotatable bonds is 72. The number of hydrogen-bond donors (Lipinski definition) is 0. The smallest absolute Gasteiger partial charge is 0.306 e. The van der Waals surface area contributed by atoms with Crippen molar-refractivity contribution in [1.29, 1.82) is 0 Å². The molecule has 0 bridgehead atoms. The maximum Gasteiger partial charge on any atom is 0.306 e. The molecule has 0 radical (unpaired) electrons. The molecule has 0 aromatic carbocycles. The van der Waals surface area contributed by atoms with E-state index in [1.807, 2.05) is 21.1 Å². The van der Waals surface area contributed by atoms with Crippen molar-refractivity contribution in [2.45, 2.75) is 315 Å². The zero-order valence-electron chi connectivity index (χ0n) is 64.6. The molecule has 0 rings (SSSR count).